The van der Waals surface area contributed by atoms with Gasteiger partial charge in [0.25, 0.3) is 5.91 Å². The van der Waals surface area contributed by atoms with Crippen LogP contribution in [0.3, 0.4) is 0 Å². The number of nitriles is 1. The quantitative estimate of drug-likeness (QED) is 0.716. The van der Waals surface area contributed by atoms with Crippen molar-refractivity contribution in [3.63, 3.8) is 0 Å². The fraction of sp³-hybridized carbons (Fsp3) is 0.235. The lowest BCUT2D eigenvalue weighted by atomic mass is 10.2. The maximum Gasteiger partial charge on any atom is 0.270 e. The Hall–Kier alpha value is -2.69. The number of anilines is 1. The van der Waals surface area contributed by atoms with Gasteiger partial charge in [0.15, 0.2) is 4.96 Å². The lowest BCUT2D eigenvalue weighted by Gasteiger charge is -2.22. The number of carbonyl (C=O) groups excluding carboxylic acids is 1. The number of rotatable bonds is 5. The van der Waals surface area contributed by atoms with Gasteiger partial charge in [0.1, 0.15) is 4.88 Å². The molecular weight excluding hydrogens is 324 g/mol. The zero-order valence-corrected chi connectivity index (χ0v) is 14.2. The third kappa shape index (κ3) is 2.89. The van der Waals surface area contributed by atoms with Crippen molar-refractivity contribution in [2.45, 2.75) is 6.92 Å². The van der Waals surface area contributed by atoms with Crippen molar-refractivity contribution in [2.75, 3.05) is 25.2 Å². The Morgan fingerprint density at radius 2 is 2.17 bits per heavy atom. The summed E-state index contributed by atoms with van der Waals surface area (Å²) in [6, 6.07) is 9.05. The summed E-state index contributed by atoms with van der Waals surface area (Å²) in [6.45, 7) is 2.76. The third-order valence-corrected chi connectivity index (χ3v) is 4.92. The predicted octanol–water partition coefficient (Wildman–Crippen LogP) is 2.87. The van der Waals surface area contributed by atoms with Gasteiger partial charge in [-0.25, -0.2) is 4.98 Å². The molecule has 0 aliphatic heterocycles. The van der Waals surface area contributed by atoms with E-state index < -0.39 is 0 Å². The van der Waals surface area contributed by atoms with Crippen molar-refractivity contribution < 1.29 is 9.53 Å². The molecule has 0 spiro atoms. The molecule has 7 heteroatoms. The minimum atomic E-state index is -0.0928. The molecule has 0 aliphatic carbocycles. The van der Waals surface area contributed by atoms with E-state index in [9.17, 15) is 4.79 Å². The fourth-order valence-corrected chi connectivity index (χ4v) is 3.50. The van der Waals surface area contributed by atoms with E-state index in [2.05, 4.69) is 11.1 Å². The van der Waals surface area contributed by atoms with Crippen molar-refractivity contribution in [1.82, 2.24) is 9.38 Å². The summed E-state index contributed by atoms with van der Waals surface area (Å²) >= 11 is 1.37. The second kappa shape index (κ2) is 6.83. The summed E-state index contributed by atoms with van der Waals surface area (Å²) in [5.74, 6) is -0.0928. The lowest BCUT2D eigenvalue weighted by Crippen LogP contribution is -2.33. The van der Waals surface area contributed by atoms with E-state index in [-0.39, 0.29) is 5.91 Å². The summed E-state index contributed by atoms with van der Waals surface area (Å²) in [7, 11) is 1.60. The van der Waals surface area contributed by atoms with Gasteiger partial charge < -0.3 is 9.64 Å². The van der Waals surface area contributed by atoms with E-state index >= 15 is 0 Å². The molecule has 0 atom stereocenters. The van der Waals surface area contributed by atoms with Gasteiger partial charge >= 0.3 is 0 Å². The van der Waals surface area contributed by atoms with E-state index in [1.54, 1.807) is 42.5 Å². The minimum Gasteiger partial charge on any atom is -0.383 e. The smallest absolute Gasteiger partial charge is 0.270 e. The number of methoxy groups -OCH3 is 1. The molecule has 6 nitrogen and oxygen atoms in total. The first-order valence-corrected chi connectivity index (χ1v) is 8.20. The van der Waals surface area contributed by atoms with Crippen LogP contribution in [0.15, 0.2) is 36.7 Å². The lowest BCUT2D eigenvalue weighted by molar-refractivity contribution is 0.0979. The van der Waals surface area contributed by atoms with Gasteiger partial charge in [-0.1, -0.05) is 11.3 Å². The van der Waals surface area contributed by atoms with Crippen LogP contribution in [0.2, 0.25) is 0 Å². The average Bonchev–Trinajstić information content (AvgIpc) is 3.19. The van der Waals surface area contributed by atoms with Crippen LogP contribution in [0, 0.1) is 18.3 Å². The minimum absolute atomic E-state index is 0.0928. The van der Waals surface area contributed by atoms with E-state index in [1.807, 2.05) is 17.5 Å². The van der Waals surface area contributed by atoms with Crippen molar-refractivity contribution >= 4 is 27.9 Å². The molecule has 0 aliphatic rings. The average molecular weight is 340 g/mol. The standard InChI is InChI=1S/C17H16N4O2S/c1-12-15(24-17-19-7-8-20(12)17)16(22)21(9-10-23-2)14-5-3-13(11-18)4-6-14/h3-8H,9-10H2,1-2H3. The van der Waals surface area contributed by atoms with Gasteiger partial charge in [-0.2, -0.15) is 5.26 Å². The van der Waals surface area contributed by atoms with Crippen LogP contribution in [-0.2, 0) is 4.74 Å². The number of nitrogens with zero attached hydrogens (tertiary/aromatic N) is 4. The van der Waals surface area contributed by atoms with E-state index in [1.165, 1.54) is 11.3 Å². The van der Waals surface area contributed by atoms with E-state index in [4.69, 9.17) is 10.00 Å². The topological polar surface area (TPSA) is 70.6 Å². The molecule has 0 N–H and O–H groups in total. The number of thiazole rings is 1. The van der Waals surface area contributed by atoms with Crippen LogP contribution < -0.4 is 4.90 Å². The number of ether oxygens (including phenoxy) is 1. The summed E-state index contributed by atoms with van der Waals surface area (Å²) < 4.78 is 7.05. The Morgan fingerprint density at radius 3 is 2.79 bits per heavy atom. The molecule has 1 amide bonds. The molecule has 122 valence electrons. The Labute approximate surface area is 143 Å². The molecule has 24 heavy (non-hydrogen) atoms. The number of carbonyl (C=O) groups is 1. The number of fused-ring (bicyclic) bond motifs is 1. The van der Waals surface area contributed by atoms with Crippen molar-refractivity contribution in [2.24, 2.45) is 0 Å². The predicted molar refractivity (Wildman–Crippen MR) is 92.5 cm³/mol. The largest absolute Gasteiger partial charge is 0.383 e. The van der Waals surface area contributed by atoms with Crippen molar-refractivity contribution in [3.05, 3.63) is 52.8 Å². The highest BCUT2D eigenvalue weighted by atomic mass is 32.1. The van der Waals surface area contributed by atoms with Crippen LogP contribution in [-0.4, -0.2) is 35.6 Å². The Bertz CT molecular complexity index is 905. The molecule has 0 saturated heterocycles. The van der Waals surface area contributed by atoms with Gasteiger partial charge in [-0.15, -0.1) is 0 Å². The SMILES string of the molecule is COCCN(C(=O)c1sc2nccn2c1C)c1ccc(C#N)cc1. The highest BCUT2D eigenvalue weighted by Gasteiger charge is 2.23. The highest BCUT2D eigenvalue weighted by molar-refractivity contribution is 7.19. The van der Waals surface area contributed by atoms with Crippen LogP contribution >= 0.6 is 11.3 Å². The number of hydrogen-bond donors (Lipinski definition) is 0. The molecule has 2 heterocycles. The second-order valence-corrected chi connectivity index (χ2v) is 6.18. The molecule has 0 bridgehead atoms. The molecule has 2 aromatic heterocycles. The summed E-state index contributed by atoms with van der Waals surface area (Å²) in [6.07, 6.45) is 3.57. The number of benzene rings is 1. The van der Waals surface area contributed by atoms with Crippen molar-refractivity contribution in [1.29, 1.82) is 5.26 Å². The molecule has 1 aromatic carbocycles. The Balaban J connectivity index is 1.97. The maximum atomic E-state index is 13.1. The third-order valence-electron chi connectivity index (χ3n) is 3.76. The molecule has 0 radical (unpaired) electrons. The Morgan fingerprint density at radius 1 is 1.42 bits per heavy atom. The van der Waals surface area contributed by atoms with Gasteiger partial charge in [-0.3, -0.25) is 9.20 Å². The molecule has 0 unspecified atom stereocenters. The number of aryl methyl sites for hydroxylation is 1. The van der Waals surface area contributed by atoms with E-state index in [0.29, 0.717) is 23.6 Å². The first-order valence-electron chi connectivity index (χ1n) is 7.39. The summed E-state index contributed by atoms with van der Waals surface area (Å²) in [5, 5.41) is 8.93. The monoisotopic (exact) mass is 340 g/mol. The first-order chi connectivity index (χ1) is 11.7. The van der Waals surface area contributed by atoms with E-state index in [0.717, 1.165) is 16.3 Å². The van der Waals surface area contributed by atoms with Gasteiger partial charge in [-0.05, 0) is 31.2 Å². The number of amides is 1. The second-order valence-electron chi connectivity index (χ2n) is 5.20. The zero-order chi connectivity index (χ0) is 17.1. The number of aromatic nitrogens is 2. The number of hydrogen-bond acceptors (Lipinski definition) is 5. The Kier molecular flexibility index (Phi) is 4.60. The maximum absolute atomic E-state index is 13.1. The highest BCUT2D eigenvalue weighted by Crippen LogP contribution is 2.26. The van der Waals surface area contributed by atoms with Crippen molar-refractivity contribution in [3.8, 4) is 6.07 Å². The molecule has 3 rings (SSSR count). The summed E-state index contributed by atoms with van der Waals surface area (Å²) in [4.78, 5) is 20.4. The van der Waals surface area contributed by atoms with Crippen LogP contribution in [0.4, 0.5) is 5.69 Å². The molecule has 0 fully saturated rings. The molecule has 3 aromatic rings. The van der Waals surface area contributed by atoms with Crippen LogP contribution in [0.1, 0.15) is 20.9 Å². The van der Waals surface area contributed by atoms with Gasteiger partial charge in [0.2, 0.25) is 0 Å². The van der Waals surface area contributed by atoms with Gasteiger partial charge in [0, 0.05) is 37.4 Å². The van der Waals surface area contributed by atoms with Crippen LogP contribution in [0.5, 0.6) is 0 Å². The zero-order valence-electron chi connectivity index (χ0n) is 13.4. The first kappa shape index (κ1) is 16.2. The fourth-order valence-electron chi connectivity index (χ4n) is 2.46. The normalized spacial score (nSPS) is 10.7. The van der Waals surface area contributed by atoms with Crippen LogP contribution in [0.25, 0.3) is 4.96 Å². The molecular formula is C17H16N4O2S. The number of imidazole rings is 1. The molecule has 0 saturated carbocycles. The van der Waals surface area contributed by atoms with Gasteiger partial charge in [0.05, 0.1) is 18.2 Å². The summed E-state index contributed by atoms with van der Waals surface area (Å²) in [5.41, 5.74) is 2.17.